The number of Topliss-reactive ketones (excluding diaryl/α,β-unsaturated/α-hetero) is 3. The number of carbonyl (C=O) groups excluding carboxylic acids is 3. The van der Waals surface area contributed by atoms with Gasteiger partial charge in [0.05, 0.1) is 12.2 Å². The highest BCUT2D eigenvalue weighted by molar-refractivity contribution is 6.01. The van der Waals surface area contributed by atoms with Crippen LogP contribution in [0.1, 0.15) is 86.1 Å². The van der Waals surface area contributed by atoms with Gasteiger partial charge in [-0.15, -0.1) is 0 Å². The van der Waals surface area contributed by atoms with Gasteiger partial charge >= 0.3 is 5.97 Å². The molecule has 11 atom stereocenters. The molecule has 0 saturated heterocycles. The van der Waals surface area contributed by atoms with E-state index in [2.05, 4.69) is 6.92 Å². The van der Waals surface area contributed by atoms with Gasteiger partial charge in [-0.1, -0.05) is 84.0 Å². The van der Waals surface area contributed by atoms with Gasteiger partial charge in [0.2, 0.25) is 0 Å². The van der Waals surface area contributed by atoms with Crippen LogP contribution in [0.15, 0.2) is 47.6 Å². The van der Waals surface area contributed by atoms with Crippen LogP contribution in [0.4, 0.5) is 0 Å². The summed E-state index contributed by atoms with van der Waals surface area (Å²) in [6, 6.07) is 9.74. The first kappa shape index (κ1) is 34.4. The zero-order chi connectivity index (χ0) is 34.1. The Hall–Kier alpha value is -2.94. The third-order valence-electron chi connectivity index (χ3n) is 13.2. The number of aliphatic carboxylic acids is 1. The van der Waals surface area contributed by atoms with Gasteiger partial charge in [-0.25, -0.2) is 0 Å². The van der Waals surface area contributed by atoms with Crippen molar-refractivity contribution in [1.82, 2.24) is 0 Å². The maximum absolute atomic E-state index is 14.6. The predicted molar refractivity (Wildman–Crippen MR) is 173 cm³/mol. The molecular weight excluding hydrogens is 584 g/mol. The fourth-order valence-electron chi connectivity index (χ4n) is 10.5. The van der Waals surface area contributed by atoms with Crippen molar-refractivity contribution < 1.29 is 39.6 Å². The number of aliphatic hydroxyl groups excluding tert-OH is 3. The highest BCUT2D eigenvalue weighted by atomic mass is 16.4. The van der Waals surface area contributed by atoms with E-state index in [1.807, 2.05) is 77.1 Å². The lowest BCUT2D eigenvalue weighted by atomic mass is 9.40. The van der Waals surface area contributed by atoms with Gasteiger partial charge in [0.25, 0.3) is 0 Å². The smallest absolute Gasteiger partial charge is 0.313 e. The molecule has 0 bridgehead atoms. The molecule has 11 unspecified atom stereocenters. The first-order chi connectivity index (χ1) is 21.3. The van der Waals surface area contributed by atoms with E-state index in [0.29, 0.717) is 30.4 Å². The van der Waals surface area contributed by atoms with Gasteiger partial charge in [0.15, 0.2) is 11.6 Å². The summed E-state index contributed by atoms with van der Waals surface area (Å²) >= 11 is 0. The van der Waals surface area contributed by atoms with Gasteiger partial charge < -0.3 is 20.4 Å². The Labute approximate surface area is 272 Å². The quantitative estimate of drug-likeness (QED) is 0.291. The molecule has 4 aliphatic carbocycles. The van der Waals surface area contributed by atoms with Crippen molar-refractivity contribution in [2.45, 2.75) is 98.9 Å². The SMILES string of the molecule is CC(C(=O)O)C(=O)C(O)CC(C)C1CC(O)C2(C)C3=C(C(=O)CC12C)C1(C)CCC(=O)C(C)(C)C1C(C=Cc1ccccc1)C3O. The van der Waals surface area contributed by atoms with Crippen LogP contribution in [0.2, 0.25) is 0 Å². The third kappa shape index (κ3) is 4.89. The Balaban J connectivity index is 1.62. The molecule has 4 N–H and O–H groups in total. The second-order valence-corrected chi connectivity index (χ2v) is 15.9. The lowest BCUT2D eigenvalue weighted by molar-refractivity contribution is -0.151. The summed E-state index contributed by atoms with van der Waals surface area (Å²) in [4.78, 5) is 52.0. The summed E-state index contributed by atoms with van der Waals surface area (Å²) < 4.78 is 0. The number of rotatable bonds is 8. The molecule has 4 aliphatic rings. The average Bonchev–Trinajstić information content (AvgIpc) is 3.20. The first-order valence-corrected chi connectivity index (χ1v) is 16.7. The van der Waals surface area contributed by atoms with E-state index in [4.69, 9.17) is 0 Å². The molecule has 2 fully saturated rings. The van der Waals surface area contributed by atoms with Crippen molar-refractivity contribution in [2.75, 3.05) is 0 Å². The van der Waals surface area contributed by atoms with Crippen molar-refractivity contribution in [3.05, 3.63) is 53.1 Å². The molecule has 0 amide bonds. The normalized spacial score (nSPS) is 39.0. The summed E-state index contributed by atoms with van der Waals surface area (Å²) in [7, 11) is 0. The number of fused-ring (bicyclic) bond motifs is 4. The van der Waals surface area contributed by atoms with E-state index in [-0.39, 0.29) is 42.2 Å². The molecule has 1 aromatic rings. The monoisotopic (exact) mass is 634 g/mol. The van der Waals surface area contributed by atoms with Crippen LogP contribution >= 0.6 is 0 Å². The Kier molecular flexibility index (Phi) is 8.70. The van der Waals surface area contributed by atoms with E-state index >= 15 is 0 Å². The van der Waals surface area contributed by atoms with Crippen molar-refractivity contribution >= 4 is 29.4 Å². The number of benzene rings is 1. The van der Waals surface area contributed by atoms with Crippen LogP contribution in [0.3, 0.4) is 0 Å². The van der Waals surface area contributed by atoms with E-state index < -0.39 is 63.6 Å². The lowest BCUT2D eigenvalue weighted by Gasteiger charge is -2.63. The maximum atomic E-state index is 14.6. The summed E-state index contributed by atoms with van der Waals surface area (Å²) in [5, 5.41) is 44.6. The molecular formula is C38H50O8. The van der Waals surface area contributed by atoms with Gasteiger partial charge in [0, 0.05) is 40.6 Å². The summed E-state index contributed by atoms with van der Waals surface area (Å²) in [6.07, 6.45) is 1.65. The lowest BCUT2D eigenvalue weighted by Crippen LogP contribution is -2.63. The topological polar surface area (TPSA) is 149 Å². The Morgan fingerprint density at radius 1 is 1.02 bits per heavy atom. The van der Waals surface area contributed by atoms with Gasteiger partial charge in [-0.2, -0.15) is 0 Å². The third-order valence-corrected chi connectivity index (χ3v) is 13.2. The molecule has 0 aliphatic heterocycles. The molecule has 250 valence electrons. The number of ketones is 3. The van der Waals surface area contributed by atoms with E-state index in [9.17, 15) is 39.6 Å². The largest absolute Gasteiger partial charge is 0.481 e. The number of carbonyl (C=O) groups is 4. The van der Waals surface area contributed by atoms with E-state index in [1.54, 1.807) is 0 Å². The molecule has 5 rings (SSSR count). The molecule has 0 spiro atoms. The molecule has 0 heterocycles. The van der Waals surface area contributed by atoms with E-state index in [0.717, 1.165) is 5.56 Å². The zero-order valence-electron chi connectivity index (χ0n) is 28.1. The molecule has 0 aromatic heterocycles. The number of aliphatic hydroxyl groups is 3. The fourth-order valence-corrected chi connectivity index (χ4v) is 10.5. The minimum Gasteiger partial charge on any atom is -0.481 e. The summed E-state index contributed by atoms with van der Waals surface area (Å²) in [5.74, 6) is -4.86. The Morgan fingerprint density at radius 3 is 2.26 bits per heavy atom. The predicted octanol–water partition coefficient (Wildman–Crippen LogP) is 5.04. The minimum atomic E-state index is -1.49. The maximum Gasteiger partial charge on any atom is 0.313 e. The number of hydrogen-bond donors (Lipinski definition) is 4. The highest BCUT2D eigenvalue weighted by Gasteiger charge is 2.71. The summed E-state index contributed by atoms with van der Waals surface area (Å²) in [6.45, 7) is 13.0. The number of allylic oxidation sites excluding steroid dienone is 1. The molecule has 0 radical (unpaired) electrons. The fraction of sp³-hybridized carbons (Fsp3) is 0.632. The van der Waals surface area contributed by atoms with Gasteiger partial charge in [0.1, 0.15) is 17.8 Å². The summed E-state index contributed by atoms with van der Waals surface area (Å²) in [5.41, 5.74) is -1.26. The number of hydrogen-bond acceptors (Lipinski definition) is 7. The van der Waals surface area contributed by atoms with Crippen LogP contribution < -0.4 is 0 Å². The van der Waals surface area contributed by atoms with Crippen molar-refractivity contribution in [1.29, 1.82) is 0 Å². The van der Waals surface area contributed by atoms with Crippen molar-refractivity contribution in [3.63, 3.8) is 0 Å². The Morgan fingerprint density at radius 2 is 1.65 bits per heavy atom. The van der Waals surface area contributed by atoms with Gasteiger partial charge in [-0.3, -0.25) is 19.2 Å². The van der Waals surface area contributed by atoms with Crippen LogP contribution in [-0.4, -0.2) is 62.1 Å². The molecule has 8 nitrogen and oxygen atoms in total. The molecule has 46 heavy (non-hydrogen) atoms. The highest BCUT2D eigenvalue weighted by Crippen LogP contribution is 2.72. The van der Waals surface area contributed by atoms with E-state index in [1.165, 1.54) is 6.92 Å². The second-order valence-electron chi connectivity index (χ2n) is 15.9. The number of carboxylic acids is 1. The van der Waals surface area contributed by atoms with Crippen LogP contribution in [-0.2, 0) is 19.2 Å². The van der Waals surface area contributed by atoms with Crippen LogP contribution in [0.25, 0.3) is 6.08 Å². The second kappa shape index (κ2) is 11.6. The first-order valence-electron chi connectivity index (χ1n) is 16.7. The Bertz CT molecular complexity index is 1490. The molecule has 8 heteroatoms. The zero-order valence-corrected chi connectivity index (χ0v) is 28.1. The number of carboxylic acid groups (broad SMARTS) is 1. The standard InChI is InChI=1S/C38H50O8/c1-20(17-25(39)31(43)21(2)34(45)46)24-18-28(42)38(7)30-29(26(40)19-37(24,38)6)36(5)16-15-27(41)35(3,4)33(36)23(32(30)44)14-13-22-11-9-8-10-12-22/h8-14,20-21,23-25,28,32-33,39,42,44H,15-19H2,1-7H3,(H,45,46). The van der Waals surface area contributed by atoms with Crippen LogP contribution in [0.5, 0.6) is 0 Å². The van der Waals surface area contributed by atoms with Gasteiger partial charge in [-0.05, 0) is 60.5 Å². The van der Waals surface area contributed by atoms with Crippen molar-refractivity contribution in [2.24, 2.45) is 51.2 Å². The average molecular weight is 635 g/mol. The molecule has 2 saturated carbocycles. The van der Waals surface area contributed by atoms with Crippen molar-refractivity contribution in [3.8, 4) is 0 Å². The molecule has 1 aromatic carbocycles. The minimum absolute atomic E-state index is 0.000682. The van der Waals surface area contributed by atoms with Crippen LogP contribution in [0, 0.1) is 51.2 Å².